The van der Waals surface area contributed by atoms with Crippen LogP contribution < -0.4 is 5.32 Å². The Balaban J connectivity index is 1.91. The van der Waals surface area contributed by atoms with Gasteiger partial charge in [0.25, 0.3) is 0 Å². The number of hydrogen-bond donors (Lipinski definition) is 1. The lowest BCUT2D eigenvalue weighted by atomic mass is 10.1. The first-order chi connectivity index (χ1) is 9.86. The molecule has 1 aliphatic rings. The lowest BCUT2D eigenvalue weighted by molar-refractivity contribution is -0.138. The quantitative estimate of drug-likeness (QED) is 0.875. The van der Waals surface area contributed by atoms with Crippen LogP contribution in [0.4, 0.5) is 13.2 Å². The second kappa shape index (κ2) is 6.60. The van der Waals surface area contributed by atoms with Crippen LogP contribution in [0.25, 0.3) is 0 Å². The molecule has 1 amide bonds. The highest BCUT2D eigenvalue weighted by atomic mass is 32.2. The summed E-state index contributed by atoms with van der Waals surface area (Å²) in [6.45, 7) is 0.565. The Morgan fingerprint density at radius 2 is 1.95 bits per heavy atom. The molecule has 1 aromatic rings. The van der Waals surface area contributed by atoms with Crippen LogP contribution in [0.5, 0.6) is 0 Å². The van der Waals surface area contributed by atoms with E-state index in [2.05, 4.69) is 5.32 Å². The third kappa shape index (κ3) is 5.15. The predicted molar refractivity (Wildman–Crippen MR) is 73.9 cm³/mol. The number of rotatable bonds is 6. The molecule has 116 valence electrons. The van der Waals surface area contributed by atoms with E-state index >= 15 is 0 Å². The van der Waals surface area contributed by atoms with Gasteiger partial charge >= 0.3 is 6.18 Å². The van der Waals surface area contributed by atoms with Gasteiger partial charge in [-0.15, -0.1) is 0 Å². The van der Waals surface area contributed by atoms with Crippen LogP contribution in [0, 0.1) is 5.92 Å². The molecule has 0 spiro atoms. The van der Waals surface area contributed by atoms with Crippen molar-refractivity contribution < 1.29 is 22.2 Å². The Kier molecular flexibility index (Phi) is 5.03. The number of alkyl halides is 3. The van der Waals surface area contributed by atoms with Crippen molar-refractivity contribution >= 4 is 16.7 Å². The van der Waals surface area contributed by atoms with Gasteiger partial charge in [0.2, 0.25) is 5.91 Å². The van der Waals surface area contributed by atoms with Crippen LogP contribution >= 0.6 is 0 Å². The first-order valence-corrected chi connectivity index (χ1v) is 8.12. The summed E-state index contributed by atoms with van der Waals surface area (Å²) in [4.78, 5) is 11.5. The van der Waals surface area contributed by atoms with E-state index in [4.69, 9.17) is 0 Å². The first-order valence-electron chi connectivity index (χ1n) is 6.63. The van der Waals surface area contributed by atoms with Crippen LogP contribution in [0.1, 0.15) is 24.0 Å². The fourth-order valence-electron chi connectivity index (χ4n) is 1.92. The summed E-state index contributed by atoms with van der Waals surface area (Å²) >= 11 is 0. The van der Waals surface area contributed by atoms with Gasteiger partial charge in [-0.1, -0.05) is 18.2 Å². The maximum Gasteiger partial charge on any atom is 0.416 e. The Morgan fingerprint density at radius 3 is 2.57 bits per heavy atom. The molecule has 7 heteroatoms. The number of nitrogens with one attached hydrogen (secondary N) is 1. The second-order valence-corrected chi connectivity index (χ2v) is 6.59. The molecular weight excluding hydrogens is 303 g/mol. The number of carbonyl (C=O) groups excluding carboxylic acids is 1. The second-order valence-electron chi connectivity index (χ2n) is 5.13. The molecule has 0 radical (unpaired) electrons. The summed E-state index contributed by atoms with van der Waals surface area (Å²) < 4.78 is 50.2. The van der Waals surface area contributed by atoms with Crippen molar-refractivity contribution in [2.24, 2.45) is 5.92 Å². The van der Waals surface area contributed by atoms with Gasteiger partial charge in [-0.25, -0.2) is 0 Å². The zero-order valence-corrected chi connectivity index (χ0v) is 12.1. The van der Waals surface area contributed by atoms with Crippen LogP contribution in [0.3, 0.4) is 0 Å². The van der Waals surface area contributed by atoms with E-state index in [0.29, 0.717) is 12.5 Å². The van der Waals surface area contributed by atoms with Crippen LogP contribution in [-0.2, 0) is 27.5 Å². The Labute approximate surface area is 123 Å². The normalized spacial score (nSPS) is 16.5. The molecule has 2 rings (SSSR count). The zero-order valence-electron chi connectivity index (χ0n) is 11.3. The summed E-state index contributed by atoms with van der Waals surface area (Å²) in [6, 6.07) is 5.01. The molecule has 1 N–H and O–H groups in total. The average molecular weight is 319 g/mol. The molecule has 0 bridgehead atoms. The third-order valence-electron chi connectivity index (χ3n) is 3.22. The minimum absolute atomic E-state index is 0.0432. The monoisotopic (exact) mass is 319 g/mol. The summed E-state index contributed by atoms with van der Waals surface area (Å²) in [6.07, 6.45) is -2.31. The van der Waals surface area contributed by atoms with Gasteiger partial charge in [-0.3, -0.25) is 9.00 Å². The predicted octanol–water partition coefficient (Wildman–Crippen LogP) is 2.48. The molecule has 1 fully saturated rings. The standard InChI is InChI=1S/C14H16F3NO2S/c15-14(16,17)12-4-2-1-3-11(12)8-21(20)9-13(19)18-7-10-5-6-10/h1-4,10H,5-9H2,(H,18,19)/t21-/m0/s1. The van der Waals surface area contributed by atoms with Crippen LogP contribution in [0.2, 0.25) is 0 Å². The van der Waals surface area contributed by atoms with Gasteiger partial charge in [-0.2, -0.15) is 13.2 Å². The zero-order chi connectivity index (χ0) is 15.5. The van der Waals surface area contributed by atoms with Crippen LogP contribution in [0.15, 0.2) is 24.3 Å². The molecule has 1 aromatic carbocycles. The number of carbonyl (C=O) groups is 1. The van der Waals surface area contributed by atoms with Crippen molar-refractivity contribution in [3.8, 4) is 0 Å². The van der Waals surface area contributed by atoms with E-state index < -0.39 is 22.5 Å². The number of benzene rings is 1. The summed E-state index contributed by atoms with van der Waals surface area (Å²) in [5, 5.41) is 2.65. The minimum atomic E-state index is -4.48. The van der Waals surface area contributed by atoms with E-state index in [0.717, 1.165) is 18.9 Å². The largest absolute Gasteiger partial charge is 0.416 e. The Morgan fingerprint density at radius 1 is 1.29 bits per heavy atom. The van der Waals surface area contributed by atoms with Crippen LogP contribution in [-0.4, -0.2) is 22.4 Å². The summed E-state index contributed by atoms with van der Waals surface area (Å²) in [5.41, 5.74) is -0.838. The van der Waals surface area contributed by atoms with Gasteiger partial charge < -0.3 is 5.32 Å². The molecule has 3 nitrogen and oxygen atoms in total. The molecule has 0 unspecified atom stereocenters. The number of hydrogen-bond acceptors (Lipinski definition) is 2. The molecule has 0 aliphatic heterocycles. The van der Waals surface area contributed by atoms with Crippen molar-refractivity contribution in [1.29, 1.82) is 0 Å². The van der Waals surface area contributed by atoms with E-state index in [-0.39, 0.29) is 23.0 Å². The van der Waals surface area contributed by atoms with Crippen molar-refractivity contribution in [3.63, 3.8) is 0 Å². The molecule has 1 saturated carbocycles. The Hall–Kier alpha value is -1.37. The Bertz CT molecular complexity index is 541. The van der Waals surface area contributed by atoms with Gasteiger partial charge in [0.05, 0.1) is 5.56 Å². The summed E-state index contributed by atoms with van der Waals surface area (Å²) in [7, 11) is -1.65. The van der Waals surface area contributed by atoms with E-state index in [1.165, 1.54) is 18.2 Å². The lowest BCUT2D eigenvalue weighted by Crippen LogP contribution is -2.30. The fraction of sp³-hybridized carbons (Fsp3) is 0.500. The highest BCUT2D eigenvalue weighted by Gasteiger charge is 2.33. The van der Waals surface area contributed by atoms with Gasteiger partial charge in [-0.05, 0) is 30.4 Å². The highest BCUT2D eigenvalue weighted by molar-refractivity contribution is 7.84. The maximum absolute atomic E-state index is 12.8. The van der Waals surface area contributed by atoms with Crippen molar-refractivity contribution in [1.82, 2.24) is 5.32 Å². The highest BCUT2D eigenvalue weighted by Crippen LogP contribution is 2.32. The van der Waals surface area contributed by atoms with Gasteiger partial charge in [0.15, 0.2) is 0 Å². The van der Waals surface area contributed by atoms with Crippen molar-refractivity contribution in [2.45, 2.75) is 24.8 Å². The van der Waals surface area contributed by atoms with E-state index in [1.54, 1.807) is 0 Å². The van der Waals surface area contributed by atoms with E-state index in [9.17, 15) is 22.2 Å². The number of halogens is 3. The topological polar surface area (TPSA) is 46.2 Å². The molecule has 21 heavy (non-hydrogen) atoms. The molecular formula is C14H16F3NO2S. The average Bonchev–Trinajstić information content (AvgIpc) is 3.19. The SMILES string of the molecule is O=C(C[S@@](=O)Cc1ccccc1C(F)(F)F)NCC1CC1. The smallest absolute Gasteiger partial charge is 0.355 e. The third-order valence-corrected chi connectivity index (χ3v) is 4.43. The minimum Gasteiger partial charge on any atom is -0.355 e. The first kappa shape index (κ1) is 16.0. The summed E-state index contributed by atoms with van der Waals surface area (Å²) in [5.74, 6) is -0.399. The van der Waals surface area contributed by atoms with Crippen molar-refractivity contribution in [3.05, 3.63) is 35.4 Å². The molecule has 0 heterocycles. The molecule has 0 aromatic heterocycles. The van der Waals surface area contributed by atoms with Gasteiger partial charge in [0.1, 0.15) is 5.75 Å². The molecule has 0 saturated heterocycles. The lowest BCUT2D eigenvalue weighted by Gasteiger charge is -2.12. The maximum atomic E-state index is 12.8. The van der Waals surface area contributed by atoms with E-state index in [1.807, 2.05) is 0 Å². The molecule has 1 atom stereocenters. The number of amides is 1. The fourth-order valence-corrected chi connectivity index (χ4v) is 3.02. The van der Waals surface area contributed by atoms with Gasteiger partial charge in [0, 0.05) is 23.1 Å². The van der Waals surface area contributed by atoms with Crippen molar-refractivity contribution in [2.75, 3.05) is 12.3 Å². The molecule has 1 aliphatic carbocycles.